The summed E-state index contributed by atoms with van der Waals surface area (Å²) in [6.07, 6.45) is 1.53. The maximum absolute atomic E-state index is 12.1. The lowest BCUT2D eigenvalue weighted by molar-refractivity contribution is -0.125. The summed E-state index contributed by atoms with van der Waals surface area (Å²) in [7, 11) is 0. The Balaban J connectivity index is 1.68. The Morgan fingerprint density at radius 2 is 2.13 bits per heavy atom. The maximum atomic E-state index is 12.1. The molecule has 0 bridgehead atoms. The van der Waals surface area contributed by atoms with E-state index in [1.807, 2.05) is 6.07 Å². The van der Waals surface area contributed by atoms with Gasteiger partial charge >= 0.3 is 0 Å². The first kappa shape index (κ1) is 14.8. The second kappa shape index (κ2) is 6.35. The third-order valence-corrected chi connectivity index (χ3v) is 3.34. The highest BCUT2D eigenvalue weighted by atomic mass is 16.5. The van der Waals surface area contributed by atoms with Gasteiger partial charge in [-0.3, -0.25) is 14.5 Å². The van der Waals surface area contributed by atoms with Crippen LogP contribution in [0.3, 0.4) is 0 Å². The normalized spacial score (nSPS) is 14.2. The average molecular weight is 313 g/mol. The lowest BCUT2D eigenvalue weighted by Gasteiger charge is -2.28. The molecule has 0 radical (unpaired) electrons. The molecule has 1 N–H and O–H groups in total. The van der Waals surface area contributed by atoms with Crippen molar-refractivity contribution in [2.45, 2.75) is 6.92 Å². The van der Waals surface area contributed by atoms with Crippen LogP contribution in [0.5, 0.6) is 5.75 Å². The first-order valence-corrected chi connectivity index (χ1v) is 7.04. The van der Waals surface area contributed by atoms with E-state index >= 15 is 0 Å². The number of hydrogen-bond acceptors (Lipinski definition) is 5. The first-order chi connectivity index (χ1) is 11.1. The predicted octanol–water partition coefficient (Wildman–Crippen LogP) is 1.55. The van der Waals surface area contributed by atoms with Crippen LogP contribution >= 0.6 is 0 Å². The molecule has 1 aliphatic heterocycles. The van der Waals surface area contributed by atoms with Crippen LogP contribution in [0.2, 0.25) is 0 Å². The van der Waals surface area contributed by atoms with Gasteiger partial charge in [0.05, 0.1) is 12.0 Å². The highest BCUT2D eigenvalue weighted by molar-refractivity contribution is 6.02. The van der Waals surface area contributed by atoms with Crippen molar-refractivity contribution in [2.24, 2.45) is 5.10 Å². The van der Waals surface area contributed by atoms with Gasteiger partial charge in [0.25, 0.3) is 11.8 Å². The summed E-state index contributed by atoms with van der Waals surface area (Å²) in [5.41, 5.74) is 3.54. The van der Waals surface area contributed by atoms with Gasteiger partial charge in [-0.25, -0.2) is 5.43 Å². The number of furan rings is 1. The van der Waals surface area contributed by atoms with Crippen molar-refractivity contribution in [1.82, 2.24) is 5.43 Å². The number of carbonyl (C=O) groups excluding carboxylic acids is 2. The molecule has 0 atom stereocenters. The number of anilines is 1. The van der Waals surface area contributed by atoms with E-state index in [1.54, 1.807) is 37.3 Å². The van der Waals surface area contributed by atoms with Gasteiger partial charge < -0.3 is 9.15 Å². The third kappa shape index (κ3) is 3.23. The zero-order valence-electron chi connectivity index (χ0n) is 12.5. The van der Waals surface area contributed by atoms with E-state index in [4.69, 9.17) is 9.15 Å². The van der Waals surface area contributed by atoms with E-state index in [1.165, 1.54) is 11.2 Å². The zero-order chi connectivity index (χ0) is 16.2. The Labute approximate surface area is 132 Å². The Kier molecular flexibility index (Phi) is 4.09. The molecule has 0 spiro atoms. The first-order valence-electron chi connectivity index (χ1n) is 7.04. The molecule has 2 aromatic rings. The van der Waals surface area contributed by atoms with E-state index in [0.717, 1.165) is 0 Å². The molecular weight excluding hydrogens is 298 g/mol. The molecular formula is C16H15N3O4. The van der Waals surface area contributed by atoms with E-state index in [0.29, 0.717) is 22.9 Å². The van der Waals surface area contributed by atoms with Gasteiger partial charge in [-0.2, -0.15) is 5.10 Å². The quantitative estimate of drug-likeness (QED) is 0.685. The number of fused-ring (bicyclic) bond motifs is 1. The number of rotatable bonds is 4. The van der Waals surface area contributed by atoms with Crippen LogP contribution in [0, 0.1) is 0 Å². The van der Waals surface area contributed by atoms with Gasteiger partial charge in [0, 0.05) is 0 Å². The minimum absolute atomic E-state index is 0.0843. The van der Waals surface area contributed by atoms with E-state index in [-0.39, 0.29) is 19.1 Å². The van der Waals surface area contributed by atoms with Gasteiger partial charge in [0.15, 0.2) is 6.61 Å². The summed E-state index contributed by atoms with van der Waals surface area (Å²) < 4.78 is 10.5. The highest BCUT2D eigenvalue weighted by Crippen LogP contribution is 2.31. The van der Waals surface area contributed by atoms with Crippen molar-refractivity contribution in [2.75, 3.05) is 18.1 Å². The molecule has 1 aromatic carbocycles. The fourth-order valence-electron chi connectivity index (χ4n) is 2.19. The number of nitrogens with one attached hydrogen (secondary N) is 1. The van der Waals surface area contributed by atoms with Gasteiger partial charge in [-0.15, -0.1) is 0 Å². The lowest BCUT2D eigenvalue weighted by Crippen LogP contribution is -2.44. The maximum Gasteiger partial charge on any atom is 0.265 e. The SMILES string of the molecule is C/C(=N/NC(=O)CN1C(=O)COc2ccccc21)c1ccco1. The Morgan fingerprint density at radius 3 is 2.91 bits per heavy atom. The topological polar surface area (TPSA) is 84.1 Å². The molecule has 0 unspecified atom stereocenters. The van der Waals surface area contributed by atoms with Crippen LogP contribution in [-0.2, 0) is 9.59 Å². The number of nitrogens with zero attached hydrogens (tertiary/aromatic N) is 2. The summed E-state index contributed by atoms with van der Waals surface area (Å²) in [6.45, 7) is 1.50. The molecule has 7 nitrogen and oxygen atoms in total. The summed E-state index contributed by atoms with van der Waals surface area (Å²) in [5, 5.41) is 3.97. The standard InChI is InChI=1S/C16H15N3O4/c1-11(13-7-4-8-22-13)17-18-15(20)9-19-12-5-2-3-6-14(12)23-10-16(19)21/h2-8H,9-10H2,1H3,(H,18,20)/b17-11-. The number of hydrogen-bond donors (Lipinski definition) is 1. The molecule has 23 heavy (non-hydrogen) atoms. The summed E-state index contributed by atoms with van der Waals surface area (Å²) in [5.74, 6) is 0.472. The van der Waals surface area contributed by atoms with E-state index < -0.39 is 5.91 Å². The Bertz CT molecular complexity index is 752. The molecule has 1 aromatic heterocycles. The number of para-hydroxylation sites is 2. The molecule has 1 aliphatic rings. The Hall–Kier alpha value is -3.09. The molecule has 2 heterocycles. The smallest absolute Gasteiger partial charge is 0.265 e. The van der Waals surface area contributed by atoms with Crippen LogP contribution in [0.1, 0.15) is 12.7 Å². The molecule has 118 valence electrons. The molecule has 2 amide bonds. The zero-order valence-corrected chi connectivity index (χ0v) is 12.5. The number of carbonyl (C=O) groups is 2. The van der Waals surface area contributed by atoms with Crippen molar-refractivity contribution >= 4 is 23.2 Å². The summed E-state index contributed by atoms with van der Waals surface area (Å²) >= 11 is 0. The molecule has 3 rings (SSSR count). The van der Waals surface area contributed by atoms with Gasteiger partial charge in [-0.05, 0) is 31.2 Å². The van der Waals surface area contributed by atoms with Crippen LogP contribution in [0.25, 0.3) is 0 Å². The van der Waals surface area contributed by atoms with Crippen LogP contribution in [0.15, 0.2) is 52.2 Å². The molecule has 0 saturated carbocycles. The summed E-state index contributed by atoms with van der Waals surface area (Å²) in [4.78, 5) is 25.4. The number of benzene rings is 1. The summed E-state index contributed by atoms with van der Waals surface area (Å²) in [6, 6.07) is 10.6. The van der Waals surface area contributed by atoms with Gasteiger partial charge in [-0.1, -0.05) is 12.1 Å². The van der Waals surface area contributed by atoms with Crippen molar-refractivity contribution in [3.63, 3.8) is 0 Å². The second-order valence-electron chi connectivity index (χ2n) is 4.95. The van der Waals surface area contributed by atoms with Crippen molar-refractivity contribution in [1.29, 1.82) is 0 Å². The second-order valence-corrected chi connectivity index (χ2v) is 4.95. The minimum Gasteiger partial charge on any atom is -0.482 e. The third-order valence-electron chi connectivity index (χ3n) is 3.34. The van der Waals surface area contributed by atoms with E-state index in [2.05, 4.69) is 10.5 Å². The van der Waals surface area contributed by atoms with Crippen molar-refractivity contribution in [3.05, 3.63) is 48.4 Å². The van der Waals surface area contributed by atoms with Crippen molar-refractivity contribution < 1.29 is 18.7 Å². The number of ether oxygens (including phenoxy) is 1. The van der Waals surface area contributed by atoms with Crippen LogP contribution in [0.4, 0.5) is 5.69 Å². The minimum atomic E-state index is -0.402. The van der Waals surface area contributed by atoms with Gasteiger partial charge in [0.2, 0.25) is 0 Å². The fraction of sp³-hybridized carbons (Fsp3) is 0.188. The number of amides is 2. The monoisotopic (exact) mass is 313 g/mol. The van der Waals surface area contributed by atoms with Crippen LogP contribution in [-0.4, -0.2) is 30.7 Å². The molecule has 0 aliphatic carbocycles. The average Bonchev–Trinajstić information content (AvgIpc) is 3.10. The molecule has 0 fully saturated rings. The lowest BCUT2D eigenvalue weighted by atomic mass is 10.2. The van der Waals surface area contributed by atoms with Crippen molar-refractivity contribution in [3.8, 4) is 5.75 Å². The fourth-order valence-corrected chi connectivity index (χ4v) is 2.19. The molecule has 0 saturated heterocycles. The largest absolute Gasteiger partial charge is 0.482 e. The highest BCUT2D eigenvalue weighted by Gasteiger charge is 2.26. The Morgan fingerprint density at radius 1 is 1.30 bits per heavy atom. The van der Waals surface area contributed by atoms with Gasteiger partial charge in [0.1, 0.15) is 23.8 Å². The predicted molar refractivity (Wildman–Crippen MR) is 83.4 cm³/mol. The molecule has 7 heteroatoms. The number of hydrazone groups is 1. The van der Waals surface area contributed by atoms with Crippen LogP contribution < -0.4 is 15.1 Å². The van der Waals surface area contributed by atoms with E-state index in [9.17, 15) is 9.59 Å².